The molecule has 4 nitrogen and oxygen atoms in total. The van der Waals surface area contributed by atoms with Crippen LogP contribution in [0.4, 0.5) is 0 Å². The maximum Gasteiger partial charge on any atom is 0.191 e. The van der Waals surface area contributed by atoms with E-state index in [0.717, 1.165) is 31.4 Å². The van der Waals surface area contributed by atoms with Gasteiger partial charge in [-0.05, 0) is 45.4 Å². The summed E-state index contributed by atoms with van der Waals surface area (Å²) in [6, 6.07) is 0.584. The number of guanidine groups is 1. The summed E-state index contributed by atoms with van der Waals surface area (Å²) < 4.78 is 0. The van der Waals surface area contributed by atoms with E-state index in [1.165, 1.54) is 35.6 Å². The monoisotopic (exact) mass is 436 g/mol. The Morgan fingerprint density at radius 1 is 1.36 bits per heavy atom. The molecule has 0 radical (unpaired) electrons. The number of hydrogen-bond donors (Lipinski definition) is 2. The van der Waals surface area contributed by atoms with Crippen LogP contribution < -0.4 is 10.6 Å². The van der Waals surface area contributed by atoms with Crippen LogP contribution in [-0.4, -0.2) is 30.1 Å². The molecule has 0 aromatic carbocycles. The van der Waals surface area contributed by atoms with Gasteiger partial charge in [-0.1, -0.05) is 6.92 Å². The fourth-order valence-electron chi connectivity index (χ4n) is 2.70. The van der Waals surface area contributed by atoms with Crippen LogP contribution in [0.25, 0.3) is 0 Å². The zero-order valence-corrected chi connectivity index (χ0v) is 17.0. The molecule has 0 spiro atoms. The molecule has 0 bridgehead atoms. The highest BCUT2D eigenvalue weighted by molar-refractivity contribution is 14.0. The molecular formula is C16H29IN4S. The Morgan fingerprint density at radius 3 is 2.68 bits per heavy atom. The lowest BCUT2D eigenvalue weighted by Crippen LogP contribution is -2.44. The average molecular weight is 436 g/mol. The summed E-state index contributed by atoms with van der Waals surface area (Å²) in [7, 11) is 0. The number of aromatic nitrogens is 1. The van der Waals surface area contributed by atoms with E-state index >= 15 is 0 Å². The third-order valence-corrected chi connectivity index (χ3v) is 4.94. The Labute approximate surface area is 155 Å². The van der Waals surface area contributed by atoms with Crippen molar-refractivity contribution in [2.75, 3.05) is 13.1 Å². The average Bonchev–Trinajstić information content (AvgIpc) is 2.87. The van der Waals surface area contributed by atoms with E-state index in [-0.39, 0.29) is 24.0 Å². The van der Waals surface area contributed by atoms with Crippen LogP contribution in [-0.2, 0) is 6.42 Å². The molecule has 0 amide bonds. The lowest BCUT2D eigenvalue weighted by Gasteiger charge is -2.28. The first-order valence-electron chi connectivity index (χ1n) is 8.13. The summed E-state index contributed by atoms with van der Waals surface area (Å²) in [5.41, 5.74) is 0. The van der Waals surface area contributed by atoms with Crippen molar-refractivity contribution in [1.82, 2.24) is 15.6 Å². The minimum atomic E-state index is 0. The first-order chi connectivity index (χ1) is 10.2. The standard InChI is InChI=1S/C16H28N4S.HI/c1-4-17-16(20-14-7-5-12(2)6-8-14)18-10-9-15-19-11-13(3)21-15;/h11-12,14H,4-10H2,1-3H3,(H2,17,18,20);1H. The number of halogens is 1. The van der Waals surface area contributed by atoms with Gasteiger partial charge in [0.15, 0.2) is 5.96 Å². The second-order valence-electron chi connectivity index (χ2n) is 5.98. The minimum Gasteiger partial charge on any atom is -0.357 e. The first kappa shape index (κ1) is 19.7. The quantitative estimate of drug-likeness (QED) is 0.420. The number of rotatable bonds is 5. The highest BCUT2D eigenvalue weighted by atomic mass is 127. The van der Waals surface area contributed by atoms with E-state index < -0.39 is 0 Å². The molecule has 6 heteroatoms. The van der Waals surface area contributed by atoms with Crippen LogP contribution in [0.1, 0.15) is 49.4 Å². The molecule has 0 unspecified atom stereocenters. The Bertz CT molecular complexity index is 453. The maximum absolute atomic E-state index is 4.69. The SMILES string of the molecule is CCNC(=NCCc1ncc(C)s1)NC1CCC(C)CC1.I. The summed E-state index contributed by atoms with van der Waals surface area (Å²) in [6.07, 6.45) is 8.05. The molecule has 0 atom stereocenters. The van der Waals surface area contributed by atoms with Crippen LogP contribution in [0.5, 0.6) is 0 Å². The van der Waals surface area contributed by atoms with E-state index in [9.17, 15) is 0 Å². The fraction of sp³-hybridized carbons (Fsp3) is 0.750. The van der Waals surface area contributed by atoms with Gasteiger partial charge in [-0.2, -0.15) is 0 Å². The van der Waals surface area contributed by atoms with E-state index in [1.807, 2.05) is 6.20 Å². The molecule has 22 heavy (non-hydrogen) atoms. The zero-order chi connectivity index (χ0) is 15.1. The van der Waals surface area contributed by atoms with E-state index in [1.54, 1.807) is 11.3 Å². The van der Waals surface area contributed by atoms with Gasteiger partial charge >= 0.3 is 0 Å². The number of nitrogens with one attached hydrogen (secondary N) is 2. The van der Waals surface area contributed by atoms with Crippen molar-refractivity contribution in [3.63, 3.8) is 0 Å². The molecule has 2 N–H and O–H groups in total. The second-order valence-corrected chi connectivity index (χ2v) is 7.30. The molecule has 1 aliphatic carbocycles. The Kier molecular flexibility index (Phi) is 9.31. The molecule has 1 aromatic heterocycles. The molecule has 2 rings (SSSR count). The predicted molar refractivity (Wildman–Crippen MR) is 107 cm³/mol. The van der Waals surface area contributed by atoms with Crippen LogP contribution >= 0.6 is 35.3 Å². The van der Waals surface area contributed by atoms with Crippen molar-refractivity contribution >= 4 is 41.3 Å². The highest BCUT2D eigenvalue weighted by Gasteiger charge is 2.18. The molecule has 1 aliphatic rings. The van der Waals surface area contributed by atoms with E-state index in [4.69, 9.17) is 4.99 Å². The summed E-state index contributed by atoms with van der Waals surface area (Å²) >= 11 is 1.77. The molecule has 1 saturated carbocycles. The predicted octanol–water partition coefficient (Wildman–Crippen LogP) is 3.75. The maximum atomic E-state index is 4.69. The molecule has 126 valence electrons. The summed E-state index contributed by atoms with van der Waals surface area (Å²) in [6.45, 7) is 8.27. The lowest BCUT2D eigenvalue weighted by atomic mass is 9.87. The lowest BCUT2D eigenvalue weighted by molar-refractivity contribution is 0.329. The summed E-state index contributed by atoms with van der Waals surface area (Å²) in [5.74, 6) is 1.85. The third kappa shape index (κ3) is 6.81. The van der Waals surface area contributed by atoms with Crippen LogP contribution in [0.3, 0.4) is 0 Å². The summed E-state index contributed by atoms with van der Waals surface area (Å²) in [5, 5.41) is 8.12. The van der Waals surface area contributed by atoms with Gasteiger partial charge in [0.1, 0.15) is 0 Å². The van der Waals surface area contributed by atoms with Gasteiger partial charge in [0.25, 0.3) is 0 Å². The van der Waals surface area contributed by atoms with Gasteiger partial charge < -0.3 is 10.6 Å². The Morgan fingerprint density at radius 2 is 2.09 bits per heavy atom. The number of aryl methyl sites for hydroxylation is 1. The normalized spacial score (nSPS) is 22.0. The van der Waals surface area contributed by atoms with E-state index in [0.29, 0.717) is 6.04 Å². The van der Waals surface area contributed by atoms with Crippen molar-refractivity contribution in [1.29, 1.82) is 0 Å². The highest BCUT2D eigenvalue weighted by Crippen LogP contribution is 2.23. The van der Waals surface area contributed by atoms with Crippen LogP contribution in [0.15, 0.2) is 11.2 Å². The van der Waals surface area contributed by atoms with Gasteiger partial charge in [0.2, 0.25) is 0 Å². The van der Waals surface area contributed by atoms with Crippen molar-refractivity contribution in [3.8, 4) is 0 Å². The second kappa shape index (κ2) is 10.4. The third-order valence-electron chi connectivity index (χ3n) is 3.97. The number of thiazole rings is 1. The van der Waals surface area contributed by atoms with Crippen molar-refractivity contribution in [2.45, 2.75) is 58.9 Å². The van der Waals surface area contributed by atoms with Crippen molar-refractivity contribution in [2.24, 2.45) is 10.9 Å². The number of hydrogen-bond acceptors (Lipinski definition) is 3. The molecular weight excluding hydrogens is 407 g/mol. The molecule has 1 aromatic rings. The van der Waals surface area contributed by atoms with Gasteiger partial charge in [0.05, 0.1) is 5.01 Å². The molecule has 1 fully saturated rings. The van der Waals surface area contributed by atoms with Crippen LogP contribution in [0.2, 0.25) is 0 Å². The van der Waals surface area contributed by atoms with E-state index in [2.05, 4.69) is 36.4 Å². The largest absolute Gasteiger partial charge is 0.357 e. The first-order valence-corrected chi connectivity index (χ1v) is 8.95. The Hall–Kier alpha value is -0.370. The topological polar surface area (TPSA) is 49.3 Å². The van der Waals surface area contributed by atoms with Crippen LogP contribution in [0, 0.1) is 12.8 Å². The van der Waals surface area contributed by atoms with Crippen molar-refractivity contribution < 1.29 is 0 Å². The Balaban J connectivity index is 0.00000242. The number of nitrogens with zero attached hydrogens (tertiary/aromatic N) is 2. The smallest absolute Gasteiger partial charge is 0.191 e. The minimum absolute atomic E-state index is 0. The van der Waals surface area contributed by atoms with Gasteiger partial charge in [-0.3, -0.25) is 4.99 Å². The van der Waals surface area contributed by atoms with Gasteiger partial charge in [-0.15, -0.1) is 35.3 Å². The zero-order valence-electron chi connectivity index (χ0n) is 13.9. The fourth-order valence-corrected chi connectivity index (χ4v) is 3.47. The summed E-state index contributed by atoms with van der Waals surface area (Å²) in [4.78, 5) is 10.4. The van der Waals surface area contributed by atoms with Gasteiger partial charge in [-0.25, -0.2) is 4.98 Å². The number of aliphatic imine (C=N–C) groups is 1. The van der Waals surface area contributed by atoms with Crippen molar-refractivity contribution in [3.05, 3.63) is 16.1 Å². The van der Waals surface area contributed by atoms with Gasteiger partial charge in [0, 0.05) is 36.6 Å². The molecule has 1 heterocycles. The molecule has 0 aliphatic heterocycles. The molecule has 0 saturated heterocycles.